The van der Waals surface area contributed by atoms with Gasteiger partial charge in [-0.3, -0.25) is 15.0 Å². The van der Waals surface area contributed by atoms with Crippen LogP contribution in [0.25, 0.3) is 0 Å². The van der Waals surface area contributed by atoms with Crippen molar-refractivity contribution >= 4 is 0 Å². The van der Waals surface area contributed by atoms with Crippen LogP contribution >= 0.6 is 0 Å². The van der Waals surface area contributed by atoms with E-state index in [0.717, 1.165) is 17.8 Å². The van der Waals surface area contributed by atoms with Gasteiger partial charge in [-0.1, -0.05) is 45.9 Å². The molecule has 8 bridgehead atoms. The summed E-state index contributed by atoms with van der Waals surface area (Å²) in [5.41, 5.74) is -1.30. The molecule has 1 unspecified atom stereocenters. The molecule has 220 valence electrons. The summed E-state index contributed by atoms with van der Waals surface area (Å²) in [6, 6.07) is 11.9. The van der Waals surface area contributed by atoms with Crippen LogP contribution in [0.3, 0.4) is 0 Å². The van der Waals surface area contributed by atoms with Gasteiger partial charge in [0.05, 0.1) is 39.7 Å². The van der Waals surface area contributed by atoms with Gasteiger partial charge in [0.25, 0.3) is 0 Å². The molecular weight excluding hydrogens is 709 g/mol. The molecule has 0 fully saturated rings. The molecule has 0 radical (unpaired) electrons. The molecule has 0 saturated heterocycles. The van der Waals surface area contributed by atoms with Crippen molar-refractivity contribution in [2.75, 3.05) is 0 Å². The summed E-state index contributed by atoms with van der Waals surface area (Å²) in [6.07, 6.45) is 2.37. The number of allylic oxidation sites excluding steroid dienone is 4. The number of pyridine rings is 3. The third kappa shape index (κ3) is 4.88. The van der Waals surface area contributed by atoms with Crippen LogP contribution in [-0.2, 0) is 42.7 Å². The SMILES string of the molecule is CC1(C)C2=C(F)C=C(F)C([CH-]2)C(C)(C)c2nc(c(F)cc2F)C(C)(C)c2cccc(n2)C(C)(C)c2cccc1n2.[Pt]. The second-order valence-electron chi connectivity index (χ2n) is 13.0. The minimum Gasteiger partial charge on any atom is -0.320 e. The fourth-order valence-electron chi connectivity index (χ4n) is 5.83. The number of hydrogen-bond acceptors (Lipinski definition) is 3. The van der Waals surface area contributed by atoms with Gasteiger partial charge in [0, 0.05) is 49.1 Å². The summed E-state index contributed by atoms with van der Waals surface area (Å²) in [5.74, 6) is -4.24. The van der Waals surface area contributed by atoms with Gasteiger partial charge in [-0.25, -0.2) is 19.6 Å². The Morgan fingerprint density at radius 3 is 1.63 bits per heavy atom. The van der Waals surface area contributed by atoms with Crippen molar-refractivity contribution in [3.8, 4) is 0 Å². The third-order valence-electron chi connectivity index (χ3n) is 8.79. The van der Waals surface area contributed by atoms with E-state index in [1.54, 1.807) is 33.8 Å². The van der Waals surface area contributed by atoms with Crippen molar-refractivity contribution in [3.63, 3.8) is 0 Å². The van der Waals surface area contributed by atoms with Gasteiger partial charge in [0.15, 0.2) is 0 Å². The maximum atomic E-state index is 15.5. The van der Waals surface area contributed by atoms with Crippen molar-refractivity contribution in [1.29, 1.82) is 0 Å². The van der Waals surface area contributed by atoms with E-state index >= 15 is 17.6 Å². The topological polar surface area (TPSA) is 38.7 Å². The fraction of sp³-hybridized carbons (Fsp3) is 0.394. The molecule has 0 spiro atoms. The quantitative estimate of drug-likeness (QED) is 0.172. The molecule has 3 aromatic rings. The van der Waals surface area contributed by atoms with E-state index in [1.807, 2.05) is 58.0 Å². The molecule has 1 aliphatic carbocycles. The summed E-state index contributed by atoms with van der Waals surface area (Å²) >= 11 is 0. The van der Waals surface area contributed by atoms with E-state index in [-0.39, 0.29) is 38.0 Å². The number of rotatable bonds is 0. The Morgan fingerprint density at radius 1 is 0.634 bits per heavy atom. The predicted octanol–water partition coefficient (Wildman–Crippen LogP) is 8.28. The minimum atomic E-state index is -1.30. The Balaban J connectivity index is 0.00000387. The molecule has 8 heteroatoms. The predicted molar refractivity (Wildman–Crippen MR) is 148 cm³/mol. The van der Waals surface area contributed by atoms with Gasteiger partial charge in [-0.05, 0) is 63.7 Å². The number of halogens is 4. The summed E-state index contributed by atoms with van der Waals surface area (Å²) in [5, 5.41) is 0. The Bertz CT molecular complexity index is 1590. The zero-order valence-corrected chi connectivity index (χ0v) is 26.7. The van der Waals surface area contributed by atoms with E-state index < -0.39 is 50.9 Å². The van der Waals surface area contributed by atoms with Crippen LogP contribution in [0.15, 0.2) is 65.8 Å². The van der Waals surface area contributed by atoms with Crippen molar-refractivity contribution in [3.05, 3.63) is 118 Å². The second-order valence-corrected chi connectivity index (χ2v) is 13.0. The maximum Gasteiger partial charge on any atom is 0.148 e. The standard InChI is InChI=1S/C33H34F4N3.Pt/c1-30(2)18-15-19(21(35)16-20(18)34)31(3,4)28-22(36)17-23(37)29(40-28)33(7,8)27-14-10-13-26(39-27)32(5,6)25-12-9-11-24(30)38-25;/h9-17,19H,1-8H3;/q-1;. The molecule has 41 heavy (non-hydrogen) atoms. The van der Waals surface area contributed by atoms with E-state index in [9.17, 15) is 0 Å². The van der Waals surface area contributed by atoms with Crippen LogP contribution < -0.4 is 0 Å². The summed E-state index contributed by atoms with van der Waals surface area (Å²) in [6.45, 7) is 14.5. The molecule has 1 atom stereocenters. The number of aromatic nitrogens is 3. The molecule has 2 aliphatic rings. The largest absolute Gasteiger partial charge is 0.320 e. The molecule has 3 aromatic heterocycles. The Morgan fingerprint density at radius 2 is 1.10 bits per heavy atom. The molecule has 0 saturated carbocycles. The molecule has 4 heterocycles. The van der Waals surface area contributed by atoms with Crippen molar-refractivity contribution in [2.24, 2.45) is 5.92 Å². The Kier molecular flexibility index (Phi) is 7.74. The van der Waals surface area contributed by atoms with Crippen molar-refractivity contribution in [2.45, 2.75) is 77.0 Å². The van der Waals surface area contributed by atoms with Crippen molar-refractivity contribution < 1.29 is 38.6 Å². The van der Waals surface area contributed by atoms with Gasteiger partial charge in [-0.2, -0.15) is 5.57 Å². The second kappa shape index (κ2) is 10.2. The van der Waals surface area contributed by atoms with E-state index in [0.29, 0.717) is 17.1 Å². The van der Waals surface area contributed by atoms with Crippen LogP contribution in [0, 0.1) is 24.0 Å². The van der Waals surface area contributed by atoms with Crippen molar-refractivity contribution in [1.82, 2.24) is 15.0 Å². The molecule has 1 aliphatic heterocycles. The average molecular weight is 744 g/mol. The molecule has 0 N–H and O–H groups in total. The van der Waals surface area contributed by atoms with E-state index in [4.69, 9.17) is 9.97 Å². The number of nitrogens with zero attached hydrogens (tertiary/aromatic N) is 3. The first-order valence-electron chi connectivity index (χ1n) is 13.4. The average Bonchev–Trinajstić information content (AvgIpc) is 2.87. The van der Waals surface area contributed by atoms with Gasteiger partial charge >= 0.3 is 0 Å². The maximum absolute atomic E-state index is 15.5. The molecule has 0 aromatic carbocycles. The first kappa shape index (κ1) is 31.2. The van der Waals surface area contributed by atoms with Gasteiger partial charge < -0.3 is 4.39 Å². The van der Waals surface area contributed by atoms with Gasteiger partial charge in [0.1, 0.15) is 11.6 Å². The first-order chi connectivity index (χ1) is 18.5. The van der Waals surface area contributed by atoms with E-state index in [2.05, 4.69) is 4.98 Å². The summed E-state index contributed by atoms with van der Waals surface area (Å²) < 4.78 is 62.0. The first-order valence-corrected chi connectivity index (χ1v) is 13.4. The zero-order valence-electron chi connectivity index (χ0n) is 24.4. The molecule has 5 rings (SSSR count). The number of hydrogen-bond donors (Lipinski definition) is 0. The Labute approximate surface area is 253 Å². The summed E-state index contributed by atoms with van der Waals surface area (Å²) in [7, 11) is 0. The Hall–Kier alpha value is -2.79. The van der Waals surface area contributed by atoms with E-state index in [1.165, 1.54) is 6.42 Å². The van der Waals surface area contributed by atoms with Gasteiger partial charge in [-0.15, -0.1) is 0 Å². The van der Waals surface area contributed by atoms with Crippen LogP contribution in [0.1, 0.15) is 89.6 Å². The minimum absolute atomic E-state index is 0. The molecule has 0 amide bonds. The normalized spacial score (nSPS) is 21.8. The van der Waals surface area contributed by atoms with Crippen LogP contribution in [0.5, 0.6) is 0 Å². The third-order valence-corrected chi connectivity index (χ3v) is 8.79. The van der Waals surface area contributed by atoms with Crippen LogP contribution in [0.4, 0.5) is 17.6 Å². The monoisotopic (exact) mass is 743 g/mol. The fourth-order valence-corrected chi connectivity index (χ4v) is 5.83. The smallest absolute Gasteiger partial charge is 0.148 e. The number of fused-ring (bicyclic) bond motifs is 8. The zero-order chi connectivity index (χ0) is 29.4. The summed E-state index contributed by atoms with van der Waals surface area (Å²) in [4.78, 5) is 14.5. The van der Waals surface area contributed by atoms with Crippen LogP contribution in [-0.4, -0.2) is 15.0 Å². The molecule has 3 nitrogen and oxygen atoms in total. The van der Waals surface area contributed by atoms with Gasteiger partial charge in [0.2, 0.25) is 0 Å². The molecular formula is C33H34F4N3Pt-. The van der Waals surface area contributed by atoms with Crippen LogP contribution in [0.2, 0.25) is 0 Å².